The van der Waals surface area contributed by atoms with Crippen LogP contribution in [0.1, 0.15) is 51.3 Å². The molecule has 0 saturated heterocycles. The van der Waals surface area contributed by atoms with E-state index in [0.717, 1.165) is 19.4 Å². The molecule has 4 nitrogen and oxygen atoms in total. The van der Waals surface area contributed by atoms with Gasteiger partial charge < -0.3 is 5.32 Å². The number of aryl methyl sites for hydroxylation is 1. The van der Waals surface area contributed by atoms with Crippen LogP contribution >= 0.6 is 0 Å². The highest BCUT2D eigenvalue weighted by Crippen LogP contribution is 2.17. The van der Waals surface area contributed by atoms with E-state index in [1.807, 2.05) is 17.9 Å². The van der Waals surface area contributed by atoms with Crippen LogP contribution in [0.4, 0.5) is 0 Å². The van der Waals surface area contributed by atoms with Crippen molar-refractivity contribution in [2.24, 2.45) is 0 Å². The fourth-order valence-corrected chi connectivity index (χ4v) is 1.77. The highest BCUT2D eigenvalue weighted by atomic mass is 15.4. The number of hydrogen-bond acceptors (Lipinski definition) is 3. The van der Waals surface area contributed by atoms with E-state index < -0.39 is 0 Å². The summed E-state index contributed by atoms with van der Waals surface area (Å²) in [6.07, 6.45) is 6.60. The molecule has 1 atom stereocenters. The molecule has 0 spiro atoms. The van der Waals surface area contributed by atoms with Crippen molar-refractivity contribution < 1.29 is 0 Å². The average molecular weight is 210 g/mol. The fourth-order valence-electron chi connectivity index (χ4n) is 1.77. The first kappa shape index (κ1) is 12.2. The Bertz CT molecular complexity index is 269. The van der Waals surface area contributed by atoms with Gasteiger partial charge in [0.2, 0.25) is 0 Å². The maximum atomic E-state index is 4.11. The third kappa shape index (κ3) is 3.30. The summed E-state index contributed by atoms with van der Waals surface area (Å²) in [6.45, 7) is 5.33. The normalized spacial score (nSPS) is 13.0. The Morgan fingerprint density at radius 3 is 2.80 bits per heavy atom. The van der Waals surface area contributed by atoms with Gasteiger partial charge in [0.05, 0.1) is 17.9 Å². The second-order valence-electron chi connectivity index (χ2n) is 3.87. The summed E-state index contributed by atoms with van der Waals surface area (Å²) >= 11 is 0. The van der Waals surface area contributed by atoms with Crippen LogP contribution in [-0.2, 0) is 6.54 Å². The van der Waals surface area contributed by atoms with Crippen LogP contribution in [0.3, 0.4) is 0 Å². The number of unbranched alkanes of at least 4 members (excludes halogenated alkanes) is 1. The van der Waals surface area contributed by atoms with Crippen molar-refractivity contribution in [3.05, 3.63) is 11.9 Å². The van der Waals surface area contributed by atoms with Gasteiger partial charge >= 0.3 is 0 Å². The molecule has 1 rings (SSSR count). The van der Waals surface area contributed by atoms with Crippen LogP contribution in [0.15, 0.2) is 6.20 Å². The first-order valence-electron chi connectivity index (χ1n) is 5.89. The monoisotopic (exact) mass is 210 g/mol. The van der Waals surface area contributed by atoms with Gasteiger partial charge in [-0.3, -0.25) is 0 Å². The van der Waals surface area contributed by atoms with E-state index in [0.29, 0.717) is 6.04 Å². The van der Waals surface area contributed by atoms with E-state index in [9.17, 15) is 0 Å². The van der Waals surface area contributed by atoms with Crippen molar-refractivity contribution in [2.45, 2.75) is 52.1 Å². The molecule has 15 heavy (non-hydrogen) atoms. The summed E-state index contributed by atoms with van der Waals surface area (Å²) in [5, 5.41) is 11.4. The van der Waals surface area contributed by atoms with Gasteiger partial charge in [-0.25, -0.2) is 4.68 Å². The van der Waals surface area contributed by atoms with Gasteiger partial charge in [0.15, 0.2) is 0 Å². The zero-order valence-corrected chi connectivity index (χ0v) is 10.0. The van der Waals surface area contributed by atoms with Crippen molar-refractivity contribution in [3.63, 3.8) is 0 Å². The lowest BCUT2D eigenvalue weighted by Gasteiger charge is -2.16. The van der Waals surface area contributed by atoms with E-state index in [1.54, 1.807) is 0 Å². The quantitative estimate of drug-likeness (QED) is 0.749. The van der Waals surface area contributed by atoms with Crippen LogP contribution in [0.5, 0.6) is 0 Å². The van der Waals surface area contributed by atoms with Crippen LogP contribution in [0, 0.1) is 0 Å². The van der Waals surface area contributed by atoms with Crippen molar-refractivity contribution in [1.82, 2.24) is 20.3 Å². The number of rotatable bonds is 7. The molecule has 0 radical (unpaired) electrons. The molecule has 1 N–H and O–H groups in total. The molecule has 1 aromatic heterocycles. The lowest BCUT2D eigenvalue weighted by Crippen LogP contribution is -2.20. The molecule has 86 valence electrons. The first-order valence-corrected chi connectivity index (χ1v) is 5.89. The zero-order valence-electron chi connectivity index (χ0n) is 10.0. The largest absolute Gasteiger partial charge is 0.312 e. The van der Waals surface area contributed by atoms with Crippen LogP contribution in [0.2, 0.25) is 0 Å². The third-order valence-corrected chi connectivity index (χ3v) is 2.63. The van der Waals surface area contributed by atoms with Crippen molar-refractivity contribution in [2.75, 3.05) is 7.05 Å². The summed E-state index contributed by atoms with van der Waals surface area (Å²) in [7, 11) is 2.00. The van der Waals surface area contributed by atoms with Gasteiger partial charge in [-0.15, -0.1) is 5.10 Å². The molecule has 0 aliphatic heterocycles. The molecule has 1 aromatic rings. The molecule has 0 fully saturated rings. The summed E-state index contributed by atoms with van der Waals surface area (Å²) in [4.78, 5) is 0. The molecule has 1 unspecified atom stereocenters. The molecule has 0 aliphatic rings. The van der Waals surface area contributed by atoms with Gasteiger partial charge in [-0.2, -0.15) is 0 Å². The number of nitrogens with one attached hydrogen (secondary N) is 1. The summed E-state index contributed by atoms with van der Waals surface area (Å²) in [5.74, 6) is 0. The van der Waals surface area contributed by atoms with Gasteiger partial charge in [-0.1, -0.05) is 31.9 Å². The van der Waals surface area contributed by atoms with Crippen LogP contribution < -0.4 is 5.32 Å². The Morgan fingerprint density at radius 2 is 2.20 bits per heavy atom. The van der Waals surface area contributed by atoms with Crippen molar-refractivity contribution in [1.29, 1.82) is 0 Å². The van der Waals surface area contributed by atoms with E-state index in [4.69, 9.17) is 0 Å². The molecule has 0 aromatic carbocycles. The predicted octanol–water partition coefficient (Wildman–Crippen LogP) is 2.14. The average Bonchev–Trinajstić information content (AvgIpc) is 2.68. The SMILES string of the molecule is CCCCC(NC)c1cnnn1CCC. The molecule has 4 heteroatoms. The van der Waals surface area contributed by atoms with Gasteiger partial charge in [-0.05, 0) is 19.9 Å². The highest BCUT2D eigenvalue weighted by molar-refractivity contribution is 5.01. The van der Waals surface area contributed by atoms with Crippen LogP contribution in [0.25, 0.3) is 0 Å². The van der Waals surface area contributed by atoms with Gasteiger partial charge in [0.1, 0.15) is 0 Å². The Labute approximate surface area is 92.1 Å². The number of aromatic nitrogens is 3. The maximum absolute atomic E-state index is 4.11. The highest BCUT2D eigenvalue weighted by Gasteiger charge is 2.13. The zero-order chi connectivity index (χ0) is 11.1. The molecule has 0 bridgehead atoms. The first-order chi connectivity index (χ1) is 7.33. The van der Waals surface area contributed by atoms with Crippen LogP contribution in [-0.4, -0.2) is 22.0 Å². The summed E-state index contributed by atoms with van der Waals surface area (Å²) in [5.41, 5.74) is 1.22. The Morgan fingerprint density at radius 1 is 1.40 bits per heavy atom. The molecule has 0 amide bonds. The topological polar surface area (TPSA) is 42.7 Å². The Hall–Kier alpha value is -0.900. The van der Waals surface area contributed by atoms with Crippen molar-refractivity contribution in [3.8, 4) is 0 Å². The third-order valence-electron chi connectivity index (χ3n) is 2.63. The van der Waals surface area contributed by atoms with E-state index in [-0.39, 0.29) is 0 Å². The molecular weight excluding hydrogens is 188 g/mol. The minimum absolute atomic E-state index is 0.395. The van der Waals surface area contributed by atoms with E-state index in [2.05, 4.69) is 29.5 Å². The molecular formula is C11H22N4. The molecule has 0 aliphatic carbocycles. The lowest BCUT2D eigenvalue weighted by molar-refractivity contribution is 0.460. The maximum Gasteiger partial charge on any atom is 0.0756 e. The minimum atomic E-state index is 0.395. The van der Waals surface area contributed by atoms with Crippen molar-refractivity contribution >= 4 is 0 Å². The molecule has 0 saturated carbocycles. The number of nitrogens with zero attached hydrogens (tertiary/aromatic N) is 3. The fraction of sp³-hybridized carbons (Fsp3) is 0.818. The van der Waals surface area contributed by atoms with Gasteiger partial charge in [0.25, 0.3) is 0 Å². The van der Waals surface area contributed by atoms with E-state index >= 15 is 0 Å². The Balaban J connectivity index is 2.67. The standard InChI is InChI=1S/C11H22N4/c1-4-6-7-10(12-3)11-9-13-14-15(11)8-5-2/h9-10,12H,4-8H2,1-3H3. The summed E-state index contributed by atoms with van der Waals surface area (Å²) < 4.78 is 2.01. The predicted molar refractivity (Wildman–Crippen MR) is 61.6 cm³/mol. The Kier molecular flexibility index (Phi) is 5.32. The molecule has 1 heterocycles. The van der Waals surface area contributed by atoms with E-state index in [1.165, 1.54) is 18.5 Å². The number of hydrogen-bond donors (Lipinski definition) is 1. The smallest absolute Gasteiger partial charge is 0.0756 e. The van der Waals surface area contributed by atoms with Gasteiger partial charge in [0, 0.05) is 6.54 Å². The second-order valence-corrected chi connectivity index (χ2v) is 3.87. The lowest BCUT2D eigenvalue weighted by atomic mass is 10.1. The summed E-state index contributed by atoms with van der Waals surface area (Å²) in [6, 6.07) is 0.395. The minimum Gasteiger partial charge on any atom is -0.312 e. The second kappa shape index (κ2) is 6.56.